The zero-order valence-electron chi connectivity index (χ0n) is 17.0. The zero-order valence-corrected chi connectivity index (χ0v) is 17.0. The van der Waals surface area contributed by atoms with E-state index in [9.17, 15) is 10.1 Å². The van der Waals surface area contributed by atoms with Crippen molar-refractivity contribution in [3.63, 3.8) is 0 Å². The number of nitrogens with zero attached hydrogens (tertiary/aromatic N) is 3. The fourth-order valence-corrected chi connectivity index (χ4v) is 3.89. The largest absolute Gasteiger partial charge is 0.339 e. The summed E-state index contributed by atoms with van der Waals surface area (Å²) in [5.74, 6) is -0.951. The molecule has 1 saturated heterocycles. The highest BCUT2D eigenvalue weighted by Crippen LogP contribution is 2.35. The number of hydrogen-bond donors (Lipinski definition) is 1. The summed E-state index contributed by atoms with van der Waals surface area (Å²) in [5.41, 5.74) is 1.39. The molecule has 2 aromatic rings. The quantitative estimate of drug-likeness (QED) is 0.802. The standard InChI is InChI=1S/C23H27FN4O/c1-3-27(4-2)23(29)20-14-17(16-25)15-21(22(20)24)28(18-8-6-5-7-9-18)19-10-12-26-13-11-19/h5-9,14-15,19,26H,3-4,10-13H2,1-2H3. The number of carbonyl (C=O) groups excluding carboxylic acids is 1. The number of hydrogen-bond acceptors (Lipinski definition) is 4. The molecule has 0 aliphatic carbocycles. The number of nitriles is 1. The van der Waals surface area contributed by atoms with Crippen molar-refractivity contribution in [1.29, 1.82) is 5.26 Å². The van der Waals surface area contributed by atoms with Gasteiger partial charge in [0.05, 0.1) is 22.9 Å². The lowest BCUT2D eigenvalue weighted by Crippen LogP contribution is -2.41. The lowest BCUT2D eigenvalue weighted by molar-refractivity contribution is 0.0768. The highest BCUT2D eigenvalue weighted by molar-refractivity contribution is 5.96. The number of carbonyl (C=O) groups is 1. The topological polar surface area (TPSA) is 59.4 Å². The first-order valence-electron chi connectivity index (χ1n) is 10.2. The van der Waals surface area contributed by atoms with E-state index in [0.29, 0.717) is 13.1 Å². The second-order valence-corrected chi connectivity index (χ2v) is 7.13. The van der Waals surface area contributed by atoms with Crippen molar-refractivity contribution in [3.8, 4) is 6.07 Å². The van der Waals surface area contributed by atoms with E-state index in [-0.39, 0.29) is 28.8 Å². The number of halogens is 1. The Morgan fingerprint density at radius 3 is 2.41 bits per heavy atom. The SMILES string of the molecule is CCN(CC)C(=O)c1cc(C#N)cc(N(c2ccccc2)C2CCNCC2)c1F. The Morgan fingerprint density at radius 1 is 1.17 bits per heavy atom. The fraction of sp³-hybridized carbons (Fsp3) is 0.391. The van der Waals surface area contributed by atoms with E-state index in [4.69, 9.17) is 0 Å². The molecule has 0 spiro atoms. The van der Waals surface area contributed by atoms with Gasteiger partial charge in [0.2, 0.25) is 0 Å². The maximum atomic E-state index is 15.7. The monoisotopic (exact) mass is 394 g/mol. The molecule has 1 fully saturated rings. The third-order valence-electron chi connectivity index (χ3n) is 5.43. The molecule has 0 atom stereocenters. The van der Waals surface area contributed by atoms with Crippen molar-refractivity contribution in [2.24, 2.45) is 0 Å². The Hall–Kier alpha value is -2.91. The molecule has 1 N–H and O–H groups in total. The summed E-state index contributed by atoms with van der Waals surface area (Å²) in [7, 11) is 0. The number of piperidine rings is 1. The average molecular weight is 394 g/mol. The van der Waals surface area contributed by atoms with Crippen molar-refractivity contribution in [2.45, 2.75) is 32.7 Å². The van der Waals surface area contributed by atoms with Crippen molar-refractivity contribution >= 4 is 17.3 Å². The number of amides is 1. The molecule has 6 heteroatoms. The van der Waals surface area contributed by atoms with E-state index in [1.807, 2.05) is 49.1 Å². The van der Waals surface area contributed by atoms with Crippen molar-refractivity contribution in [1.82, 2.24) is 10.2 Å². The molecule has 1 heterocycles. The number of nitrogens with one attached hydrogen (secondary N) is 1. The summed E-state index contributed by atoms with van der Waals surface area (Å²) in [6.07, 6.45) is 1.70. The van der Waals surface area contributed by atoms with Gasteiger partial charge in [-0.3, -0.25) is 4.79 Å². The Kier molecular flexibility index (Phi) is 6.84. The van der Waals surface area contributed by atoms with Crippen LogP contribution in [-0.4, -0.2) is 43.0 Å². The lowest BCUT2D eigenvalue weighted by atomic mass is 10.00. The van der Waals surface area contributed by atoms with Crippen LogP contribution in [0, 0.1) is 17.1 Å². The first-order valence-corrected chi connectivity index (χ1v) is 10.2. The molecule has 0 bridgehead atoms. The van der Waals surface area contributed by atoms with E-state index < -0.39 is 5.82 Å². The van der Waals surface area contributed by atoms with Crippen LogP contribution in [0.5, 0.6) is 0 Å². The molecule has 3 rings (SSSR count). The molecule has 2 aromatic carbocycles. The number of para-hydroxylation sites is 1. The minimum Gasteiger partial charge on any atom is -0.339 e. The number of benzene rings is 2. The Labute approximate surface area is 171 Å². The van der Waals surface area contributed by atoms with Crippen LogP contribution in [-0.2, 0) is 0 Å². The van der Waals surface area contributed by atoms with E-state index in [1.165, 1.54) is 6.07 Å². The molecule has 0 saturated carbocycles. The molecule has 0 radical (unpaired) electrons. The van der Waals surface area contributed by atoms with Crippen LogP contribution >= 0.6 is 0 Å². The summed E-state index contributed by atoms with van der Waals surface area (Å²) < 4.78 is 15.7. The molecule has 1 aliphatic rings. The van der Waals surface area contributed by atoms with Crippen LogP contribution in [0.25, 0.3) is 0 Å². The zero-order chi connectivity index (χ0) is 20.8. The first-order chi connectivity index (χ1) is 14.1. The Morgan fingerprint density at radius 2 is 1.83 bits per heavy atom. The molecule has 29 heavy (non-hydrogen) atoms. The molecule has 152 valence electrons. The fourth-order valence-electron chi connectivity index (χ4n) is 3.89. The molecule has 0 unspecified atom stereocenters. The normalized spacial score (nSPS) is 14.3. The molecule has 0 aromatic heterocycles. The van der Waals surface area contributed by atoms with E-state index in [0.717, 1.165) is 31.6 Å². The van der Waals surface area contributed by atoms with Gasteiger partial charge in [-0.05, 0) is 64.0 Å². The number of anilines is 2. The van der Waals surface area contributed by atoms with Crippen LogP contribution in [0.1, 0.15) is 42.6 Å². The van der Waals surface area contributed by atoms with Gasteiger partial charge in [0.15, 0.2) is 5.82 Å². The second kappa shape index (κ2) is 9.53. The molecule has 5 nitrogen and oxygen atoms in total. The van der Waals surface area contributed by atoms with Gasteiger partial charge in [-0.25, -0.2) is 4.39 Å². The van der Waals surface area contributed by atoms with Crippen LogP contribution in [0.2, 0.25) is 0 Å². The minimum absolute atomic E-state index is 0.0439. The summed E-state index contributed by atoms with van der Waals surface area (Å²) >= 11 is 0. The predicted octanol–water partition coefficient (Wildman–Crippen LogP) is 4.07. The van der Waals surface area contributed by atoms with E-state index in [1.54, 1.807) is 11.0 Å². The highest BCUT2D eigenvalue weighted by atomic mass is 19.1. The first kappa shape index (κ1) is 20.8. The minimum atomic E-state index is -0.566. The lowest BCUT2D eigenvalue weighted by Gasteiger charge is -2.37. The van der Waals surface area contributed by atoms with Crippen LogP contribution in [0.15, 0.2) is 42.5 Å². The average Bonchev–Trinajstić information content (AvgIpc) is 2.77. The molecular weight excluding hydrogens is 367 g/mol. The van der Waals surface area contributed by atoms with Gasteiger partial charge in [-0.2, -0.15) is 5.26 Å². The van der Waals surface area contributed by atoms with Gasteiger partial charge >= 0.3 is 0 Å². The van der Waals surface area contributed by atoms with Gasteiger partial charge in [0, 0.05) is 24.8 Å². The van der Waals surface area contributed by atoms with Crippen molar-refractivity contribution in [2.75, 3.05) is 31.1 Å². The van der Waals surface area contributed by atoms with E-state index in [2.05, 4.69) is 11.4 Å². The third-order valence-corrected chi connectivity index (χ3v) is 5.43. The smallest absolute Gasteiger partial charge is 0.256 e. The molecule has 1 aliphatic heterocycles. The predicted molar refractivity (Wildman–Crippen MR) is 113 cm³/mol. The van der Waals surface area contributed by atoms with Crippen molar-refractivity contribution in [3.05, 3.63) is 59.4 Å². The maximum absolute atomic E-state index is 15.7. The number of rotatable bonds is 6. The molecular formula is C23H27FN4O. The van der Waals surface area contributed by atoms with Crippen LogP contribution in [0.4, 0.5) is 15.8 Å². The van der Waals surface area contributed by atoms with Crippen LogP contribution < -0.4 is 10.2 Å². The van der Waals surface area contributed by atoms with Gasteiger partial charge in [-0.1, -0.05) is 18.2 Å². The van der Waals surface area contributed by atoms with Crippen molar-refractivity contribution < 1.29 is 9.18 Å². The Bertz CT molecular complexity index is 884. The summed E-state index contributed by atoms with van der Waals surface area (Å²) in [6.45, 7) is 6.38. The Balaban J connectivity index is 2.16. The third kappa shape index (κ3) is 4.41. The van der Waals surface area contributed by atoms with Crippen LogP contribution in [0.3, 0.4) is 0 Å². The van der Waals surface area contributed by atoms with Gasteiger partial charge in [0.1, 0.15) is 0 Å². The highest BCUT2D eigenvalue weighted by Gasteiger charge is 2.29. The second-order valence-electron chi connectivity index (χ2n) is 7.13. The van der Waals surface area contributed by atoms with Gasteiger partial charge in [0.25, 0.3) is 5.91 Å². The summed E-state index contributed by atoms with van der Waals surface area (Å²) in [6, 6.07) is 14.7. The maximum Gasteiger partial charge on any atom is 0.256 e. The van der Waals surface area contributed by atoms with Gasteiger partial charge < -0.3 is 15.1 Å². The van der Waals surface area contributed by atoms with E-state index >= 15 is 4.39 Å². The molecule has 1 amide bonds. The van der Waals surface area contributed by atoms with Gasteiger partial charge in [-0.15, -0.1) is 0 Å². The summed E-state index contributed by atoms with van der Waals surface area (Å²) in [5, 5.41) is 12.9. The summed E-state index contributed by atoms with van der Waals surface area (Å²) in [4.78, 5) is 16.5.